The zero-order valence-corrected chi connectivity index (χ0v) is 42.2. The van der Waals surface area contributed by atoms with Gasteiger partial charge in [0.05, 0.1) is 0 Å². The number of benzene rings is 3. The second kappa shape index (κ2) is 18.2. The smallest absolute Gasteiger partial charge is 0.336 e. The Labute approximate surface area is 378 Å². The molecule has 9 nitrogen and oxygen atoms in total. The zero-order chi connectivity index (χ0) is 48.0. The summed E-state index contributed by atoms with van der Waals surface area (Å²) in [6.07, 6.45) is 3.13. The molecule has 0 aliphatic rings. The van der Waals surface area contributed by atoms with Crippen LogP contribution in [0.3, 0.4) is 0 Å². The highest BCUT2D eigenvalue weighted by Gasteiger charge is 2.30. The summed E-state index contributed by atoms with van der Waals surface area (Å²) in [5, 5.41) is 33.9. The second-order valence-electron chi connectivity index (χ2n) is 24.2. The van der Waals surface area contributed by atoms with E-state index in [4.69, 9.17) is 0 Å². The molecule has 1 aromatic heterocycles. The van der Waals surface area contributed by atoms with Gasteiger partial charge in [0, 0.05) is 19.6 Å². The second-order valence-corrected chi connectivity index (χ2v) is 24.2. The van der Waals surface area contributed by atoms with Gasteiger partial charge >= 0.3 is 17.1 Å². The maximum Gasteiger partial charge on any atom is 0.336 e. The molecule has 0 bridgehead atoms. The maximum atomic E-state index is 14.3. The Balaban J connectivity index is 1.75. The molecule has 0 fully saturated rings. The van der Waals surface area contributed by atoms with Crippen molar-refractivity contribution in [3.05, 3.63) is 118 Å². The summed E-state index contributed by atoms with van der Waals surface area (Å²) in [6.45, 7) is 37.7. The molecule has 3 aromatic carbocycles. The van der Waals surface area contributed by atoms with E-state index in [2.05, 4.69) is 125 Å². The average Bonchev–Trinajstić information content (AvgIpc) is 3.11. The molecule has 0 saturated heterocycles. The molecule has 0 spiro atoms. The van der Waals surface area contributed by atoms with Crippen molar-refractivity contribution in [1.29, 1.82) is 0 Å². The van der Waals surface area contributed by atoms with Crippen LogP contribution in [0.15, 0.2) is 50.8 Å². The third kappa shape index (κ3) is 12.0. The van der Waals surface area contributed by atoms with Gasteiger partial charge in [0.2, 0.25) is 0 Å². The van der Waals surface area contributed by atoms with E-state index in [0.717, 1.165) is 50.1 Å². The van der Waals surface area contributed by atoms with E-state index < -0.39 is 17.1 Å². The van der Waals surface area contributed by atoms with Crippen molar-refractivity contribution in [3.63, 3.8) is 0 Å². The fourth-order valence-electron chi connectivity index (χ4n) is 8.53. The summed E-state index contributed by atoms with van der Waals surface area (Å²) >= 11 is 0. The molecule has 0 atom stereocenters. The fraction of sp³-hybridized carbons (Fsp3) is 0.611. The lowest BCUT2D eigenvalue weighted by Crippen LogP contribution is -2.54. The van der Waals surface area contributed by atoms with Crippen molar-refractivity contribution in [2.45, 2.75) is 215 Å². The van der Waals surface area contributed by atoms with Gasteiger partial charge in [-0.2, -0.15) is 0 Å². The Bertz CT molecular complexity index is 2060. The molecular weight excluding hydrogens is 787 g/mol. The van der Waals surface area contributed by atoms with Crippen LogP contribution in [0, 0.1) is 0 Å². The van der Waals surface area contributed by atoms with E-state index in [0.29, 0.717) is 55.8 Å². The molecule has 0 aliphatic carbocycles. The number of aromatic nitrogens is 3. The van der Waals surface area contributed by atoms with E-state index in [9.17, 15) is 29.7 Å². The Hall–Kier alpha value is -4.53. The molecule has 4 rings (SSSR count). The highest BCUT2D eigenvalue weighted by atomic mass is 16.3. The quantitative estimate of drug-likeness (QED) is 0.130. The molecule has 3 N–H and O–H groups in total. The monoisotopic (exact) mass is 868 g/mol. The molecule has 9 heteroatoms. The van der Waals surface area contributed by atoms with Gasteiger partial charge in [0.15, 0.2) is 0 Å². The van der Waals surface area contributed by atoms with E-state index >= 15 is 0 Å². The van der Waals surface area contributed by atoms with Crippen molar-refractivity contribution in [2.75, 3.05) is 0 Å². The largest absolute Gasteiger partial charge is 0.507 e. The lowest BCUT2D eigenvalue weighted by Gasteiger charge is -2.28. The molecular formula is C54H81N3O6. The van der Waals surface area contributed by atoms with Crippen molar-refractivity contribution in [2.24, 2.45) is 0 Å². The van der Waals surface area contributed by atoms with Crippen LogP contribution in [-0.2, 0) is 71.4 Å². The number of aryl methyl sites for hydroxylation is 3. The lowest BCUT2D eigenvalue weighted by molar-refractivity contribution is 0.419. The fourth-order valence-corrected chi connectivity index (χ4v) is 8.53. The molecule has 0 saturated carbocycles. The Morgan fingerprint density at radius 1 is 0.333 bits per heavy atom. The molecule has 1 heterocycles. The topological polar surface area (TPSA) is 127 Å². The first-order valence-corrected chi connectivity index (χ1v) is 23.1. The first-order chi connectivity index (χ1) is 28.5. The number of phenols is 3. The van der Waals surface area contributed by atoms with Gasteiger partial charge in [-0.25, -0.2) is 28.1 Å². The first-order valence-electron chi connectivity index (χ1n) is 23.1. The highest BCUT2D eigenvalue weighted by molar-refractivity contribution is 5.52. The van der Waals surface area contributed by atoms with Gasteiger partial charge in [-0.3, -0.25) is 0 Å². The molecule has 0 radical (unpaired) electrons. The van der Waals surface area contributed by atoms with Crippen molar-refractivity contribution >= 4 is 0 Å². The zero-order valence-electron chi connectivity index (χ0n) is 42.2. The number of rotatable bonds is 12. The summed E-state index contributed by atoms with van der Waals surface area (Å²) in [7, 11) is 0. The van der Waals surface area contributed by atoms with Crippen LogP contribution in [0.2, 0.25) is 0 Å². The van der Waals surface area contributed by atoms with E-state index in [1.165, 1.54) is 13.7 Å². The third-order valence-corrected chi connectivity index (χ3v) is 12.3. The minimum absolute atomic E-state index is 0.123. The van der Waals surface area contributed by atoms with Gasteiger partial charge in [-0.1, -0.05) is 161 Å². The van der Waals surface area contributed by atoms with Gasteiger partial charge < -0.3 is 15.3 Å². The predicted octanol–water partition coefficient (Wildman–Crippen LogP) is 11.0. The van der Waals surface area contributed by atoms with Crippen LogP contribution in [-0.4, -0.2) is 29.0 Å². The molecule has 0 amide bonds. The molecule has 4 aromatic rings. The summed E-state index contributed by atoms with van der Waals surface area (Å²) in [5.41, 5.74) is 4.54. The van der Waals surface area contributed by atoms with Crippen LogP contribution < -0.4 is 17.1 Å². The molecule has 0 unspecified atom stereocenters. The molecule has 0 aliphatic heterocycles. The van der Waals surface area contributed by atoms with Gasteiger partial charge in [-0.15, -0.1) is 0 Å². The maximum absolute atomic E-state index is 14.3. The van der Waals surface area contributed by atoms with Crippen LogP contribution in [0.25, 0.3) is 0 Å². The molecule has 63 heavy (non-hydrogen) atoms. The summed E-state index contributed by atoms with van der Waals surface area (Å²) < 4.78 is 3.68. The van der Waals surface area contributed by atoms with E-state index in [1.54, 1.807) is 0 Å². The normalized spacial score (nSPS) is 13.2. The Kier molecular flexibility index (Phi) is 14.7. The van der Waals surface area contributed by atoms with Gasteiger partial charge in [0.25, 0.3) is 0 Å². The molecule has 348 valence electrons. The summed E-state index contributed by atoms with van der Waals surface area (Å²) in [6, 6.07) is 12.2. The third-order valence-electron chi connectivity index (χ3n) is 12.3. The lowest BCUT2D eigenvalue weighted by atomic mass is 9.78. The Morgan fingerprint density at radius 3 is 0.635 bits per heavy atom. The minimum atomic E-state index is -0.614. The number of aromatic hydroxyl groups is 3. The Morgan fingerprint density at radius 2 is 0.492 bits per heavy atom. The van der Waals surface area contributed by atoms with Crippen LogP contribution in [0.5, 0.6) is 17.2 Å². The summed E-state index contributed by atoms with van der Waals surface area (Å²) in [5.74, 6) is 0.911. The standard InChI is InChI=1S/C54H81N3O6/c1-49(2,3)37-28-34(29-38(43(37)58)50(4,5)6)22-19-25-55-46(61)56(26-20-23-35-30-39(51(7,8)9)44(59)40(31-35)52(10,11)12)48(63)57(47(55)62)27-21-24-36-32-41(53(13,14)15)45(60)42(33-36)54(16,17)18/h28-33,58-60H,19-27H2,1-18H3. The van der Waals surface area contributed by atoms with E-state index in [1.807, 2.05) is 36.4 Å². The number of nitrogens with zero attached hydrogens (tertiary/aromatic N) is 3. The average molecular weight is 868 g/mol. The first kappa shape index (κ1) is 51.1. The van der Waals surface area contributed by atoms with Crippen molar-refractivity contribution < 1.29 is 15.3 Å². The van der Waals surface area contributed by atoms with Crippen LogP contribution in [0.1, 0.15) is 194 Å². The van der Waals surface area contributed by atoms with E-state index in [-0.39, 0.29) is 52.1 Å². The highest BCUT2D eigenvalue weighted by Crippen LogP contribution is 2.42. The number of hydrogen-bond donors (Lipinski definition) is 3. The van der Waals surface area contributed by atoms with Gasteiger partial charge in [-0.05, 0) is 121 Å². The van der Waals surface area contributed by atoms with Crippen molar-refractivity contribution in [3.8, 4) is 17.2 Å². The minimum Gasteiger partial charge on any atom is -0.507 e. The van der Waals surface area contributed by atoms with Crippen LogP contribution >= 0.6 is 0 Å². The van der Waals surface area contributed by atoms with Crippen molar-refractivity contribution in [1.82, 2.24) is 13.7 Å². The predicted molar refractivity (Wildman–Crippen MR) is 261 cm³/mol. The van der Waals surface area contributed by atoms with Crippen LogP contribution in [0.4, 0.5) is 0 Å². The SMILES string of the molecule is CC(C)(C)c1cc(CCCn2c(=O)n(CCCc3cc(C(C)(C)C)c(O)c(C(C)(C)C)c3)c(=O)n(CCCc3cc(C(C)(C)C)c(O)c(C(C)(C)C)c3)c2=O)cc(C(C)(C)C)c1O. The number of phenolic OH excluding ortho intramolecular Hbond substituents is 3. The van der Waals surface area contributed by atoms with Gasteiger partial charge in [0.1, 0.15) is 17.2 Å². The summed E-state index contributed by atoms with van der Waals surface area (Å²) in [4.78, 5) is 42.9. The number of hydrogen-bond acceptors (Lipinski definition) is 6.